The van der Waals surface area contributed by atoms with Crippen molar-refractivity contribution >= 4 is 28.4 Å². The number of halogens is 5. The van der Waals surface area contributed by atoms with Crippen LogP contribution in [0.25, 0.3) is 0 Å². The van der Waals surface area contributed by atoms with Crippen LogP contribution in [0.2, 0.25) is 0 Å². The van der Waals surface area contributed by atoms with E-state index in [9.17, 15) is 18.0 Å². The Labute approximate surface area is 95.2 Å². The summed E-state index contributed by atoms with van der Waals surface area (Å²) >= 11 is 10.3. The zero-order chi connectivity index (χ0) is 12.0. The number of hydrogen-bond acceptors (Lipinski definition) is 1. The summed E-state index contributed by atoms with van der Waals surface area (Å²) in [6, 6.07) is 0. The van der Waals surface area contributed by atoms with Crippen LogP contribution >= 0.6 is 23.2 Å². The van der Waals surface area contributed by atoms with Gasteiger partial charge in [-0.15, -0.1) is 0 Å². The van der Waals surface area contributed by atoms with Crippen LogP contribution in [0, 0.1) is 17.3 Å². The molecule has 1 fully saturated rings. The van der Waals surface area contributed by atoms with Crippen LogP contribution in [0.5, 0.6) is 0 Å². The fourth-order valence-electron chi connectivity index (χ4n) is 1.67. The number of allylic oxidation sites excluding steroid dienone is 2. The first-order valence-corrected chi connectivity index (χ1v) is 4.98. The van der Waals surface area contributed by atoms with E-state index in [0.29, 0.717) is 0 Å². The van der Waals surface area contributed by atoms with Crippen LogP contribution in [0.4, 0.5) is 13.2 Å². The van der Waals surface area contributed by atoms with E-state index < -0.39 is 33.7 Å². The zero-order valence-corrected chi connectivity index (χ0v) is 9.54. The van der Waals surface area contributed by atoms with Crippen LogP contribution in [0.1, 0.15) is 13.8 Å². The monoisotopic (exact) mass is 260 g/mol. The molecule has 1 saturated carbocycles. The van der Waals surface area contributed by atoms with Gasteiger partial charge in [-0.25, -0.2) is 0 Å². The molecule has 0 heterocycles. The molecule has 0 bridgehead atoms. The molecule has 2 atom stereocenters. The average Bonchev–Trinajstić information content (AvgIpc) is 2.50. The third kappa shape index (κ3) is 2.48. The van der Waals surface area contributed by atoms with Gasteiger partial charge in [-0.1, -0.05) is 31.5 Å². The van der Waals surface area contributed by atoms with Gasteiger partial charge in [-0.3, -0.25) is 4.79 Å². The van der Waals surface area contributed by atoms with Crippen molar-refractivity contribution in [1.82, 2.24) is 0 Å². The van der Waals surface area contributed by atoms with E-state index in [0.717, 1.165) is 6.08 Å². The molecule has 15 heavy (non-hydrogen) atoms. The predicted molar refractivity (Wildman–Crippen MR) is 51.6 cm³/mol. The highest BCUT2D eigenvalue weighted by molar-refractivity contribution is 6.64. The normalized spacial score (nSPS) is 30.2. The molecule has 1 nitrogen and oxygen atoms in total. The Bertz CT molecular complexity index is 320. The lowest BCUT2D eigenvalue weighted by Crippen LogP contribution is -2.07. The maximum atomic E-state index is 12.1. The van der Waals surface area contributed by atoms with Crippen LogP contribution < -0.4 is 0 Å². The summed E-state index contributed by atoms with van der Waals surface area (Å²) in [5, 5.41) is -1.81. The van der Waals surface area contributed by atoms with Crippen LogP contribution in [-0.2, 0) is 4.79 Å². The smallest absolute Gasteiger partial charge is 0.281 e. The molecule has 0 aromatic heterocycles. The van der Waals surface area contributed by atoms with E-state index >= 15 is 0 Å². The van der Waals surface area contributed by atoms with Gasteiger partial charge in [0.05, 0.1) is 0 Å². The topological polar surface area (TPSA) is 17.1 Å². The van der Waals surface area contributed by atoms with Crippen molar-refractivity contribution in [2.24, 2.45) is 17.3 Å². The van der Waals surface area contributed by atoms with Crippen LogP contribution in [0.3, 0.4) is 0 Å². The molecule has 0 aromatic rings. The first kappa shape index (κ1) is 12.8. The van der Waals surface area contributed by atoms with E-state index in [1.807, 2.05) is 0 Å². The minimum atomic E-state index is -4.56. The van der Waals surface area contributed by atoms with Gasteiger partial charge >= 0.3 is 6.18 Å². The fourth-order valence-corrected chi connectivity index (χ4v) is 2.23. The third-order valence-electron chi connectivity index (χ3n) is 2.75. The van der Waals surface area contributed by atoms with Crippen molar-refractivity contribution in [3.05, 3.63) is 11.1 Å². The lowest BCUT2D eigenvalue weighted by molar-refractivity contribution is -0.113. The lowest BCUT2D eigenvalue weighted by Gasteiger charge is -2.04. The van der Waals surface area contributed by atoms with E-state index in [1.54, 1.807) is 13.8 Å². The van der Waals surface area contributed by atoms with Crippen molar-refractivity contribution in [2.45, 2.75) is 20.0 Å². The summed E-state index contributed by atoms with van der Waals surface area (Å²) in [4.78, 5) is 10.9. The maximum Gasteiger partial charge on any atom is 0.426 e. The molecule has 0 unspecified atom stereocenters. The Morgan fingerprint density at radius 2 is 1.80 bits per heavy atom. The van der Waals surface area contributed by atoms with E-state index in [1.165, 1.54) is 0 Å². The van der Waals surface area contributed by atoms with Crippen LogP contribution in [-0.4, -0.2) is 11.4 Å². The molecule has 86 valence electrons. The molecule has 0 aromatic carbocycles. The highest BCUT2D eigenvalue weighted by Gasteiger charge is 2.60. The molecule has 0 radical (unpaired) electrons. The summed E-state index contributed by atoms with van der Waals surface area (Å²) in [6.07, 6.45) is -3.69. The van der Waals surface area contributed by atoms with Gasteiger partial charge in [0, 0.05) is 5.92 Å². The molecule has 1 rings (SSSR count). The van der Waals surface area contributed by atoms with Gasteiger partial charge in [0.1, 0.15) is 5.03 Å². The molecule has 1 aliphatic rings. The first-order valence-electron chi connectivity index (χ1n) is 4.22. The molecule has 6 heteroatoms. The zero-order valence-electron chi connectivity index (χ0n) is 8.03. The maximum absolute atomic E-state index is 12.1. The van der Waals surface area contributed by atoms with Gasteiger partial charge in [0.25, 0.3) is 0 Å². The molecule has 0 aliphatic heterocycles. The standard InChI is InChI=1S/C9H9Cl2F3O/c1-8(2)4(6(8)7(11)15)3-5(10)9(12,13)14/h3-4,6H,1-2H3/b5-3-/t4-,6+/m0/s1. The molecule has 0 spiro atoms. The van der Waals surface area contributed by atoms with Crippen molar-refractivity contribution in [3.63, 3.8) is 0 Å². The molecular formula is C9H9Cl2F3O. The van der Waals surface area contributed by atoms with Crippen LogP contribution in [0.15, 0.2) is 11.1 Å². The van der Waals surface area contributed by atoms with Gasteiger partial charge in [-0.2, -0.15) is 13.2 Å². The second-order valence-corrected chi connectivity index (χ2v) is 4.92. The summed E-state index contributed by atoms with van der Waals surface area (Å²) in [5.41, 5.74) is -0.537. The lowest BCUT2D eigenvalue weighted by atomic mass is 10.1. The molecule has 1 aliphatic carbocycles. The summed E-state index contributed by atoms with van der Waals surface area (Å²) in [5.74, 6) is -1.10. The minimum absolute atomic E-state index is 0.531. The second-order valence-electron chi connectivity index (χ2n) is 4.14. The largest absolute Gasteiger partial charge is 0.426 e. The molecule has 0 saturated heterocycles. The SMILES string of the molecule is CC1(C)[C@@H](/C=C(\Cl)C(F)(F)F)[C@@H]1C(=O)Cl. The Kier molecular flexibility index (Phi) is 3.14. The highest BCUT2D eigenvalue weighted by atomic mass is 35.5. The van der Waals surface area contributed by atoms with Gasteiger partial charge < -0.3 is 0 Å². The fraction of sp³-hybridized carbons (Fsp3) is 0.667. The molecule has 0 amide bonds. The number of carbonyl (C=O) groups excluding carboxylic acids is 1. The van der Waals surface area contributed by atoms with E-state index in [4.69, 9.17) is 23.2 Å². The summed E-state index contributed by atoms with van der Waals surface area (Å²) < 4.78 is 36.3. The van der Waals surface area contributed by atoms with Crippen molar-refractivity contribution in [1.29, 1.82) is 0 Å². The summed E-state index contributed by atoms with van der Waals surface area (Å²) in [7, 11) is 0. The Balaban J connectivity index is 2.83. The van der Waals surface area contributed by atoms with E-state index in [-0.39, 0.29) is 0 Å². The Morgan fingerprint density at radius 3 is 2.07 bits per heavy atom. The summed E-state index contributed by atoms with van der Waals surface area (Å²) in [6.45, 7) is 3.36. The Hall–Kier alpha value is -0.220. The number of carbonyl (C=O) groups is 1. The highest BCUT2D eigenvalue weighted by Crippen LogP contribution is 2.60. The van der Waals surface area contributed by atoms with Gasteiger partial charge in [0.2, 0.25) is 5.24 Å². The van der Waals surface area contributed by atoms with E-state index in [2.05, 4.69) is 0 Å². The van der Waals surface area contributed by atoms with Crippen molar-refractivity contribution < 1.29 is 18.0 Å². The number of alkyl halides is 3. The number of rotatable bonds is 2. The Morgan fingerprint density at radius 1 is 1.33 bits per heavy atom. The minimum Gasteiger partial charge on any atom is -0.281 e. The molecular weight excluding hydrogens is 252 g/mol. The average molecular weight is 261 g/mol. The molecule has 0 N–H and O–H groups in total. The third-order valence-corrected chi connectivity index (χ3v) is 3.33. The first-order chi connectivity index (χ1) is 6.58. The quantitative estimate of drug-likeness (QED) is 0.692. The number of hydrogen-bond donors (Lipinski definition) is 0. The van der Waals surface area contributed by atoms with Gasteiger partial charge in [-0.05, 0) is 22.9 Å². The predicted octanol–water partition coefficient (Wildman–Crippen LogP) is 3.71. The second kappa shape index (κ2) is 3.67. The van der Waals surface area contributed by atoms with Crippen molar-refractivity contribution in [2.75, 3.05) is 0 Å². The van der Waals surface area contributed by atoms with Gasteiger partial charge in [0.15, 0.2) is 0 Å². The van der Waals surface area contributed by atoms with Crippen molar-refractivity contribution in [3.8, 4) is 0 Å².